The van der Waals surface area contributed by atoms with Crippen LogP contribution in [0.15, 0.2) is 40.3 Å². The lowest BCUT2D eigenvalue weighted by molar-refractivity contribution is -0.120. The third-order valence-corrected chi connectivity index (χ3v) is 8.44. The summed E-state index contributed by atoms with van der Waals surface area (Å²) in [5, 5.41) is 4.02. The number of aryl methyl sites for hydroxylation is 2. The van der Waals surface area contributed by atoms with Crippen molar-refractivity contribution in [1.29, 1.82) is 0 Å². The molecule has 1 fully saturated rings. The molecule has 1 aromatic carbocycles. The van der Waals surface area contributed by atoms with Crippen molar-refractivity contribution in [2.45, 2.75) is 68.6 Å². The highest BCUT2D eigenvalue weighted by molar-refractivity contribution is 8.00. The molecule has 0 bridgehead atoms. The molecule has 3 heterocycles. The second-order valence-electron chi connectivity index (χ2n) is 8.45. The van der Waals surface area contributed by atoms with E-state index in [4.69, 9.17) is 9.72 Å². The van der Waals surface area contributed by atoms with Crippen molar-refractivity contribution in [3.63, 3.8) is 0 Å². The van der Waals surface area contributed by atoms with Gasteiger partial charge in [-0.1, -0.05) is 42.1 Å². The first-order valence-electron chi connectivity index (χ1n) is 11.2. The van der Waals surface area contributed by atoms with Crippen molar-refractivity contribution in [2.75, 3.05) is 6.61 Å². The topological polar surface area (TPSA) is 73.2 Å². The number of fused-ring (bicyclic) bond motifs is 3. The van der Waals surface area contributed by atoms with Gasteiger partial charge in [0, 0.05) is 18.0 Å². The largest absolute Gasteiger partial charge is 0.376 e. The van der Waals surface area contributed by atoms with E-state index >= 15 is 0 Å². The smallest absolute Gasteiger partial charge is 0.263 e. The normalized spacial score (nSPS) is 18.7. The number of aromatic nitrogens is 2. The van der Waals surface area contributed by atoms with Crippen molar-refractivity contribution in [2.24, 2.45) is 0 Å². The number of ether oxygens (including phenoxy) is 1. The zero-order valence-electron chi connectivity index (χ0n) is 18.1. The third kappa shape index (κ3) is 4.36. The molecule has 2 aromatic heterocycles. The molecule has 0 spiro atoms. The second-order valence-corrected chi connectivity index (χ2v) is 10.8. The van der Waals surface area contributed by atoms with E-state index in [0.717, 1.165) is 54.5 Å². The van der Waals surface area contributed by atoms with Crippen LogP contribution in [-0.4, -0.2) is 33.4 Å². The first-order chi connectivity index (χ1) is 15.6. The van der Waals surface area contributed by atoms with Crippen LogP contribution >= 0.6 is 23.1 Å². The average molecular weight is 470 g/mol. The van der Waals surface area contributed by atoms with Gasteiger partial charge in [0.05, 0.1) is 23.3 Å². The van der Waals surface area contributed by atoms with Crippen molar-refractivity contribution >= 4 is 39.2 Å². The Hall–Kier alpha value is -2.16. The van der Waals surface area contributed by atoms with Gasteiger partial charge in [0.15, 0.2) is 5.16 Å². The molecule has 168 valence electrons. The SMILES string of the molecule is C[C@@H](Sc1nc2sc3c(c2c(=O)n1C[C@@H]1CCCO1)CCC3)C(=O)NCc1ccccc1. The summed E-state index contributed by atoms with van der Waals surface area (Å²) in [5.41, 5.74) is 2.26. The summed E-state index contributed by atoms with van der Waals surface area (Å²) >= 11 is 3.00. The number of carbonyl (C=O) groups is 1. The molecular formula is C24H27N3O3S2. The van der Waals surface area contributed by atoms with E-state index in [2.05, 4.69) is 5.32 Å². The van der Waals surface area contributed by atoms with Gasteiger partial charge < -0.3 is 10.1 Å². The molecule has 1 aliphatic heterocycles. The molecule has 0 saturated carbocycles. The molecule has 1 N–H and O–H groups in total. The first kappa shape index (κ1) is 21.7. The van der Waals surface area contributed by atoms with Crippen LogP contribution in [0.3, 0.4) is 0 Å². The highest BCUT2D eigenvalue weighted by Gasteiger charge is 2.27. The lowest BCUT2D eigenvalue weighted by Crippen LogP contribution is -2.33. The Kier molecular flexibility index (Phi) is 6.35. The predicted molar refractivity (Wildman–Crippen MR) is 128 cm³/mol. The standard InChI is InChI=1S/C24H27N3O3S2/c1-15(21(28)25-13-16-7-3-2-4-8-16)31-24-26-22-20(18-10-5-11-19(18)32-22)23(29)27(24)14-17-9-6-12-30-17/h2-4,7-8,15,17H,5-6,9-14H2,1H3,(H,25,28)/t15-,17+/m1/s1. The number of carbonyl (C=O) groups excluding carboxylic acids is 1. The Morgan fingerprint density at radius 3 is 2.94 bits per heavy atom. The minimum absolute atomic E-state index is 0.0179. The monoisotopic (exact) mass is 469 g/mol. The van der Waals surface area contributed by atoms with Crippen molar-refractivity contribution in [1.82, 2.24) is 14.9 Å². The van der Waals surface area contributed by atoms with Crippen LogP contribution in [0.4, 0.5) is 0 Å². The quantitative estimate of drug-likeness (QED) is 0.419. The second kappa shape index (κ2) is 9.37. The molecule has 1 amide bonds. The van der Waals surface area contributed by atoms with Gasteiger partial charge in [-0.25, -0.2) is 4.98 Å². The first-order valence-corrected chi connectivity index (χ1v) is 12.9. The lowest BCUT2D eigenvalue weighted by atomic mass is 10.2. The number of nitrogens with zero attached hydrogens (tertiary/aromatic N) is 2. The van der Waals surface area contributed by atoms with Crippen LogP contribution in [0.1, 0.15) is 42.2 Å². The van der Waals surface area contributed by atoms with Crippen LogP contribution in [0.25, 0.3) is 10.2 Å². The maximum Gasteiger partial charge on any atom is 0.263 e. The molecule has 2 aliphatic rings. The molecule has 2 atom stereocenters. The van der Waals surface area contributed by atoms with Crippen molar-refractivity contribution in [3.8, 4) is 0 Å². The Morgan fingerprint density at radius 2 is 2.16 bits per heavy atom. The van der Waals surface area contributed by atoms with Crippen LogP contribution in [-0.2, 0) is 35.5 Å². The molecule has 0 radical (unpaired) electrons. The Balaban J connectivity index is 1.41. The number of hydrogen-bond acceptors (Lipinski definition) is 6. The summed E-state index contributed by atoms with van der Waals surface area (Å²) in [7, 11) is 0. The minimum Gasteiger partial charge on any atom is -0.376 e. The molecule has 0 unspecified atom stereocenters. The molecule has 1 aliphatic carbocycles. The minimum atomic E-state index is -0.370. The van der Waals surface area contributed by atoms with Gasteiger partial charge >= 0.3 is 0 Å². The number of amides is 1. The van der Waals surface area contributed by atoms with Crippen LogP contribution in [0.2, 0.25) is 0 Å². The summed E-state index contributed by atoms with van der Waals surface area (Å²) in [6, 6.07) is 9.85. The molecule has 5 rings (SSSR count). The van der Waals surface area contributed by atoms with E-state index in [1.54, 1.807) is 15.9 Å². The molecular weight excluding hydrogens is 442 g/mol. The summed E-state index contributed by atoms with van der Waals surface area (Å²) in [6.45, 7) is 3.58. The third-order valence-electron chi connectivity index (χ3n) is 6.16. The van der Waals surface area contributed by atoms with E-state index in [0.29, 0.717) is 18.2 Å². The van der Waals surface area contributed by atoms with E-state index in [-0.39, 0.29) is 22.8 Å². The Labute approximate surface area is 195 Å². The maximum atomic E-state index is 13.6. The fourth-order valence-electron chi connectivity index (χ4n) is 4.44. The van der Waals surface area contributed by atoms with E-state index in [1.807, 2.05) is 37.3 Å². The fraction of sp³-hybridized carbons (Fsp3) is 0.458. The molecule has 3 aromatic rings. The summed E-state index contributed by atoms with van der Waals surface area (Å²) < 4.78 is 7.58. The number of hydrogen-bond donors (Lipinski definition) is 1. The number of nitrogens with one attached hydrogen (secondary N) is 1. The molecule has 6 nitrogen and oxygen atoms in total. The maximum absolute atomic E-state index is 13.6. The highest BCUT2D eigenvalue weighted by Crippen LogP contribution is 2.36. The van der Waals surface area contributed by atoms with Crippen LogP contribution in [0.5, 0.6) is 0 Å². The number of thiophene rings is 1. The van der Waals surface area contributed by atoms with Gasteiger partial charge in [-0.3, -0.25) is 14.2 Å². The molecule has 8 heteroatoms. The van der Waals surface area contributed by atoms with Gasteiger partial charge in [0.2, 0.25) is 5.91 Å². The average Bonchev–Trinajstić information content (AvgIpc) is 3.53. The summed E-state index contributed by atoms with van der Waals surface area (Å²) in [6.07, 6.45) is 5.09. The number of rotatable bonds is 7. The molecule has 1 saturated heterocycles. The highest BCUT2D eigenvalue weighted by atomic mass is 32.2. The Bertz CT molecular complexity index is 1180. The predicted octanol–water partition coefficient (Wildman–Crippen LogP) is 3.92. The van der Waals surface area contributed by atoms with Gasteiger partial charge in [-0.15, -0.1) is 11.3 Å². The number of benzene rings is 1. The van der Waals surface area contributed by atoms with E-state index < -0.39 is 0 Å². The van der Waals surface area contributed by atoms with Crippen molar-refractivity contribution < 1.29 is 9.53 Å². The van der Waals surface area contributed by atoms with E-state index in [1.165, 1.54) is 22.2 Å². The summed E-state index contributed by atoms with van der Waals surface area (Å²) in [4.78, 5) is 33.3. The number of thioether (sulfide) groups is 1. The van der Waals surface area contributed by atoms with Gasteiger partial charge in [0.25, 0.3) is 5.56 Å². The van der Waals surface area contributed by atoms with Crippen LogP contribution < -0.4 is 10.9 Å². The van der Waals surface area contributed by atoms with Gasteiger partial charge in [-0.2, -0.15) is 0 Å². The van der Waals surface area contributed by atoms with Crippen molar-refractivity contribution in [3.05, 3.63) is 56.7 Å². The van der Waals surface area contributed by atoms with E-state index in [9.17, 15) is 9.59 Å². The zero-order valence-corrected chi connectivity index (χ0v) is 19.8. The van der Waals surface area contributed by atoms with Gasteiger partial charge in [-0.05, 0) is 50.2 Å². The Morgan fingerprint density at radius 1 is 1.31 bits per heavy atom. The fourth-order valence-corrected chi connectivity index (χ4v) is 6.69. The van der Waals surface area contributed by atoms with Crippen LogP contribution in [0, 0.1) is 0 Å². The lowest BCUT2D eigenvalue weighted by Gasteiger charge is -2.18. The molecule has 32 heavy (non-hydrogen) atoms. The zero-order chi connectivity index (χ0) is 22.1. The van der Waals surface area contributed by atoms with Gasteiger partial charge in [0.1, 0.15) is 4.83 Å². The summed E-state index contributed by atoms with van der Waals surface area (Å²) in [5.74, 6) is -0.0643.